The first-order chi connectivity index (χ1) is 9.47. The molecule has 0 unspecified atom stereocenters. The van der Waals surface area contributed by atoms with Crippen molar-refractivity contribution in [3.8, 4) is 0 Å². The second kappa shape index (κ2) is 6.48. The second-order valence-electron chi connectivity index (χ2n) is 5.36. The van der Waals surface area contributed by atoms with Crippen LogP contribution in [0.3, 0.4) is 0 Å². The Kier molecular flexibility index (Phi) is 4.91. The molecule has 0 atom stereocenters. The number of aryl methyl sites for hydroxylation is 1. The van der Waals surface area contributed by atoms with Gasteiger partial charge in [0.25, 0.3) is 0 Å². The molecule has 0 spiro atoms. The largest absolute Gasteiger partial charge is 0.416 e. The fourth-order valence-corrected chi connectivity index (χ4v) is 2.58. The molecule has 2 rings (SSSR count). The number of rotatable bonds is 5. The summed E-state index contributed by atoms with van der Waals surface area (Å²) in [6, 6.07) is 4.43. The summed E-state index contributed by atoms with van der Waals surface area (Å²) in [6.45, 7) is 5.52. The maximum atomic E-state index is 12.8. The number of benzene rings is 1. The van der Waals surface area contributed by atoms with Crippen LogP contribution in [0.1, 0.15) is 30.4 Å². The smallest absolute Gasteiger partial charge is 0.385 e. The lowest BCUT2D eigenvalue weighted by atomic mass is 10.1. The number of likely N-dealkylation sites (tertiary alicyclic amines) is 1. The van der Waals surface area contributed by atoms with E-state index < -0.39 is 11.7 Å². The fraction of sp³-hybridized carbons (Fsp3) is 0.600. The first-order valence-corrected chi connectivity index (χ1v) is 7.11. The van der Waals surface area contributed by atoms with E-state index in [4.69, 9.17) is 0 Å². The Bertz CT molecular complexity index is 437. The molecule has 1 heterocycles. The van der Waals surface area contributed by atoms with Crippen molar-refractivity contribution < 1.29 is 13.2 Å². The van der Waals surface area contributed by atoms with Crippen molar-refractivity contribution in [1.29, 1.82) is 0 Å². The molecule has 1 aliphatic rings. The van der Waals surface area contributed by atoms with Gasteiger partial charge in [-0.3, -0.25) is 0 Å². The number of hydrogen-bond donors (Lipinski definition) is 1. The molecule has 5 heteroatoms. The number of alkyl halides is 3. The van der Waals surface area contributed by atoms with Crippen LogP contribution in [0, 0.1) is 6.92 Å². The molecule has 1 aliphatic heterocycles. The molecule has 1 fully saturated rings. The topological polar surface area (TPSA) is 15.3 Å². The maximum absolute atomic E-state index is 12.8. The van der Waals surface area contributed by atoms with Crippen molar-refractivity contribution >= 4 is 5.69 Å². The van der Waals surface area contributed by atoms with Gasteiger partial charge in [0, 0.05) is 12.2 Å². The van der Waals surface area contributed by atoms with Gasteiger partial charge in [-0.2, -0.15) is 13.2 Å². The zero-order chi connectivity index (χ0) is 14.6. The molecule has 1 saturated heterocycles. The Morgan fingerprint density at radius 3 is 2.55 bits per heavy atom. The van der Waals surface area contributed by atoms with Crippen LogP contribution in [0.5, 0.6) is 0 Å². The summed E-state index contributed by atoms with van der Waals surface area (Å²) < 4.78 is 38.4. The lowest BCUT2D eigenvalue weighted by Crippen LogP contribution is -2.22. The van der Waals surface area contributed by atoms with Crippen LogP contribution in [0.25, 0.3) is 0 Å². The van der Waals surface area contributed by atoms with Gasteiger partial charge in [-0.15, -0.1) is 0 Å². The summed E-state index contributed by atoms with van der Waals surface area (Å²) in [4.78, 5) is 2.40. The lowest BCUT2D eigenvalue weighted by Gasteiger charge is -2.16. The number of hydrogen-bond acceptors (Lipinski definition) is 2. The minimum absolute atomic E-state index is 0.264. The molecule has 2 nitrogen and oxygen atoms in total. The molecule has 1 N–H and O–H groups in total. The van der Waals surface area contributed by atoms with Crippen LogP contribution < -0.4 is 5.32 Å². The van der Waals surface area contributed by atoms with E-state index in [1.165, 1.54) is 31.9 Å². The fourth-order valence-electron chi connectivity index (χ4n) is 2.58. The van der Waals surface area contributed by atoms with E-state index in [1.807, 2.05) is 0 Å². The molecular weight excluding hydrogens is 265 g/mol. The third-order valence-corrected chi connectivity index (χ3v) is 3.72. The van der Waals surface area contributed by atoms with Crippen molar-refractivity contribution in [1.82, 2.24) is 4.90 Å². The standard InChI is InChI=1S/C15H21F3N2/c1-12-5-6-13(11-14(12)15(16,17)18)19-7-4-10-20-8-2-3-9-20/h5-6,11,19H,2-4,7-10H2,1H3. The van der Waals surface area contributed by atoms with E-state index in [0.717, 1.165) is 26.1 Å². The summed E-state index contributed by atoms with van der Waals surface area (Å²) in [7, 11) is 0. The van der Waals surface area contributed by atoms with Crippen molar-refractivity contribution in [3.05, 3.63) is 29.3 Å². The van der Waals surface area contributed by atoms with Gasteiger partial charge < -0.3 is 10.2 Å². The minimum Gasteiger partial charge on any atom is -0.385 e. The Morgan fingerprint density at radius 1 is 1.20 bits per heavy atom. The number of halogens is 3. The molecule has 112 valence electrons. The van der Waals surface area contributed by atoms with E-state index in [1.54, 1.807) is 6.07 Å². The first kappa shape index (κ1) is 15.2. The molecule has 0 aliphatic carbocycles. The van der Waals surface area contributed by atoms with Gasteiger partial charge in [0.05, 0.1) is 5.56 Å². The van der Waals surface area contributed by atoms with Gasteiger partial charge in [0.2, 0.25) is 0 Å². The van der Waals surface area contributed by atoms with Crippen molar-refractivity contribution in [2.24, 2.45) is 0 Å². The van der Waals surface area contributed by atoms with Crippen LogP contribution in [-0.4, -0.2) is 31.1 Å². The second-order valence-corrected chi connectivity index (χ2v) is 5.36. The summed E-state index contributed by atoms with van der Waals surface area (Å²) in [5, 5.41) is 3.08. The van der Waals surface area contributed by atoms with Gasteiger partial charge in [0.1, 0.15) is 0 Å². The Hall–Kier alpha value is -1.23. The number of nitrogens with one attached hydrogen (secondary N) is 1. The molecule has 0 aromatic heterocycles. The van der Waals surface area contributed by atoms with E-state index in [9.17, 15) is 13.2 Å². The van der Waals surface area contributed by atoms with Gasteiger partial charge in [-0.25, -0.2) is 0 Å². The highest BCUT2D eigenvalue weighted by molar-refractivity contribution is 5.49. The molecule has 0 radical (unpaired) electrons. The van der Waals surface area contributed by atoms with Gasteiger partial charge >= 0.3 is 6.18 Å². The molecular formula is C15H21F3N2. The van der Waals surface area contributed by atoms with E-state index in [2.05, 4.69) is 10.2 Å². The SMILES string of the molecule is Cc1ccc(NCCCN2CCCC2)cc1C(F)(F)F. The van der Waals surface area contributed by atoms with E-state index in [-0.39, 0.29) is 5.56 Å². The highest BCUT2D eigenvalue weighted by atomic mass is 19.4. The van der Waals surface area contributed by atoms with Crippen LogP contribution in [0.15, 0.2) is 18.2 Å². The summed E-state index contributed by atoms with van der Waals surface area (Å²) in [6.07, 6.45) is -0.798. The van der Waals surface area contributed by atoms with Gasteiger partial charge in [0.15, 0.2) is 0 Å². The van der Waals surface area contributed by atoms with Crippen LogP contribution >= 0.6 is 0 Å². The molecule has 0 amide bonds. The molecule has 0 saturated carbocycles. The normalized spacial score (nSPS) is 16.6. The lowest BCUT2D eigenvalue weighted by molar-refractivity contribution is -0.138. The van der Waals surface area contributed by atoms with Gasteiger partial charge in [-0.1, -0.05) is 6.07 Å². The van der Waals surface area contributed by atoms with Crippen LogP contribution in [-0.2, 0) is 6.18 Å². The first-order valence-electron chi connectivity index (χ1n) is 7.11. The highest BCUT2D eigenvalue weighted by Crippen LogP contribution is 2.33. The summed E-state index contributed by atoms with van der Waals surface area (Å²) in [5.41, 5.74) is 0.256. The highest BCUT2D eigenvalue weighted by Gasteiger charge is 2.32. The van der Waals surface area contributed by atoms with Crippen LogP contribution in [0.2, 0.25) is 0 Å². The predicted octanol–water partition coefficient (Wildman–Crippen LogP) is 3.91. The molecule has 1 aromatic rings. The monoisotopic (exact) mass is 286 g/mol. The van der Waals surface area contributed by atoms with Crippen LogP contribution in [0.4, 0.5) is 18.9 Å². The molecule has 1 aromatic carbocycles. The zero-order valence-electron chi connectivity index (χ0n) is 11.8. The van der Waals surface area contributed by atoms with E-state index in [0.29, 0.717) is 12.2 Å². The van der Waals surface area contributed by atoms with Crippen molar-refractivity contribution in [3.63, 3.8) is 0 Å². The number of nitrogens with zero attached hydrogens (tertiary/aromatic N) is 1. The predicted molar refractivity (Wildman–Crippen MR) is 75.0 cm³/mol. The zero-order valence-corrected chi connectivity index (χ0v) is 11.8. The third-order valence-electron chi connectivity index (χ3n) is 3.72. The Labute approximate surface area is 118 Å². The van der Waals surface area contributed by atoms with E-state index >= 15 is 0 Å². The minimum atomic E-state index is -4.28. The summed E-state index contributed by atoms with van der Waals surface area (Å²) in [5.74, 6) is 0. The Morgan fingerprint density at radius 2 is 1.90 bits per heavy atom. The van der Waals surface area contributed by atoms with Crippen molar-refractivity contribution in [2.45, 2.75) is 32.4 Å². The van der Waals surface area contributed by atoms with Gasteiger partial charge in [-0.05, 0) is 63.5 Å². The quantitative estimate of drug-likeness (QED) is 0.826. The Balaban J connectivity index is 1.83. The average molecular weight is 286 g/mol. The maximum Gasteiger partial charge on any atom is 0.416 e. The third kappa shape index (κ3) is 4.13. The average Bonchev–Trinajstić information content (AvgIpc) is 2.88. The number of anilines is 1. The summed E-state index contributed by atoms with van der Waals surface area (Å²) >= 11 is 0. The molecule has 20 heavy (non-hydrogen) atoms. The van der Waals surface area contributed by atoms with Crippen molar-refractivity contribution in [2.75, 3.05) is 31.5 Å². The molecule has 0 bridgehead atoms.